The number of sulfonamides is 1. The summed E-state index contributed by atoms with van der Waals surface area (Å²) in [5.74, 6) is 0.0708. The highest BCUT2D eigenvalue weighted by Gasteiger charge is 2.14. The highest BCUT2D eigenvalue weighted by Crippen LogP contribution is 2.26. The molecule has 164 valence electrons. The first-order valence-electron chi connectivity index (χ1n) is 10.4. The topological polar surface area (TPSA) is 104 Å². The summed E-state index contributed by atoms with van der Waals surface area (Å²) < 4.78 is 33.1. The molecule has 2 heterocycles. The Balaban J connectivity index is 1.42. The summed E-state index contributed by atoms with van der Waals surface area (Å²) in [7, 11) is -3.46. The van der Waals surface area contributed by atoms with E-state index < -0.39 is 10.0 Å². The molecule has 4 rings (SSSR count). The van der Waals surface area contributed by atoms with Crippen molar-refractivity contribution >= 4 is 26.5 Å². The van der Waals surface area contributed by atoms with Gasteiger partial charge in [-0.2, -0.15) is 5.10 Å². The van der Waals surface area contributed by atoms with Crippen molar-refractivity contribution in [2.24, 2.45) is 0 Å². The Hall–Kier alpha value is -2.75. The van der Waals surface area contributed by atoms with Crippen LogP contribution in [0.4, 0.5) is 5.69 Å². The van der Waals surface area contributed by atoms with Gasteiger partial charge in [0.2, 0.25) is 10.0 Å². The molecule has 1 aliphatic rings. The Morgan fingerprint density at radius 3 is 2.61 bits per heavy atom. The van der Waals surface area contributed by atoms with Crippen LogP contribution in [-0.4, -0.2) is 62.1 Å². The standard InChI is InChI=1S/C22H26N4O4S/c27-22-20-9-2-1-8-19(20)21(23-24-22)17-6-5-7-18(16-17)25-31(28,29)15-4-3-10-26-11-13-30-14-12-26/h1-2,5-9,16,25H,3-4,10-15H2,(H,24,27). The molecular weight excluding hydrogens is 416 g/mol. The predicted octanol–water partition coefficient (Wildman–Crippen LogP) is 2.44. The molecule has 0 unspecified atom stereocenters. The lowest BCUT2D eigenvalue weighted by molar-refractivity contribution is 0.0373. The van der Waals surface area contributed by atoms with Crippen molar-refractivity contribution in [3.05, 3.63) is 58.9 Å². The lowest BCUT2D eigenvalue weighted by Crippen LogP contribution is -2.37. The fourth-order valence-corrected chi connectivity index (χ4v) is 4.92. The highest BCUT2D eigenvalue weighted by atomic mass is 32.2. The summed E-state index contributed by atoms with van der Waals surface area (Å²) in [6.07, 6.45) is 1.42. The fraction of sp³-hybridized carbons (Fsp3) is 0.364. The van der Waals surface area contributed by atoms with Gasteiger partial charge in [-0.3, -0.25) is 14.4 Å². The molecule has 1 aliphatic heterocycles. The molecule has 0 bridgehead atoms. The van der Waals surface area contributed by atoms with Crippen LogP contribution < -0.4 is 10.3 Å². The Labute approximate surface area is 181 Å². The Morgan fingerprint density at radius 1 is 1.03 bits per heavy atom. The predicted molar refractivity (Wildman–Crippen MR) is 122 cm³/mol. The van der Waals surface area contributed by atoms with E-state index in [9.17, 15) is 13.2 Å². The zero-order valence-corrected chi connectivity index (χ0v) is 18.0. The number of unbranched alkanes of at least 4 members (excludes halogenated alkanes) is 1. The second kappa shape index (κ2) is 9.59. The number of aromatic amines is 1. The minimum absolute atomic E-state index is 0.0708. The lowest BCUT2D eigenvalue weighted by atomic mass is 10.0. The second-order valence-electron chi connectivity index (χ2n) is 7.61. The number of morpholine rings is 1. The third-order valence-electron chi connectivity index (χ3n) is 5.35. The van der Waals surface area contributed by atoms with Gasteiger partial charge in [0.15, 0.2) is 0 Å². The van der Waals surface area contributed by atoms with Gasteiger partial charge < -0.3 is 4.74 Å². The van der Waals surface area contributed by atoms with Gasteiger partial charge in [0.25, 0.3) is 5.56 Å². The fourth-order valence-electron chi connectivity index (χ4n) is 3.75. The van der Waals surface area contributed by atoms with Crippen LogP contribution in [0.1, 0.15) is 12.8 Å². The van der Waals surface area contributed by atoms with Gasteiger partial charge in [0.1, 0.15) is 0 Å². The first-order chi connectivity index (χ1) is 15.0. The van der Waals surface area contributed by atoms with E-state index in [1.165, 1.54) is 0 Å². The molecule has 0 radical (unpaired) electrons. The SMILES string of the molecule is O=c1[nH]nc(-c2cccc(NS(=O)(=O)CCCCN3CCOCC3)c2)c2ccccc12. The molecule has 0 atom stereocenters. The molecule has 9 heteroatoms. The molecule has 1 saturated heterocycles. The molecule has 0 saturated carbocycles. The number of fused-ring (bicyclic) bond motifs is 1. The van der Waals surface area contributed by atoms with Crippen molar-refractivity contribution in [2.75, 3.05) is 43.3 Å². The molecule has 2 aromatic carbocycles. The number of rotatable bonds is 8. The van der Waals surface area contributed by atoms with E-state index >= 15 is 0 Å². The summed E-state index contributed by atoms with van der Waals surface area (Å²) >= 11 is 0. The van der Waals surface area contributed by atoms with E-state index in [1.807, 2.05) is 18.2 Å². The molecule has 1 aromatic heterocycles. The Morgan fingerprint density at radius 2 is 1.81 bits per heavy atom. The third-order valence-corrected chi connectivity index (χ3v) is 6.72. The lowest BCUT2D eigenvalue weighted by Gasteiger charge is -2.26. The summed E-state index contributed by atoms with van der Waals surface area (Å²) in [6, 6.07) is 14.3. The number of hydrogen-bond donors (Lipinski definition) is 2. The van der Waals surface area contributed by atoms with E-state index in [1.54, 1.807) is 30.3 Å². The maximum absolute atomic E-state index is 12.5. The minimum Gasteiger partial charge on any atom is -0.379 e. The van der Waals surface area contributed by atoms with Gasteiger partial charge in [0.05, 0.1) is 30.0 Å². The number of H-pyrrole nitrogens is 1. The van der Waals surface area contributed by atoms with Crippen LogP contribution in [0.3, 0.4) is 0 Å². The molecule has 0 spiro atoms. The summed E-state index contributed by atoms with van der Waals surface area (Å²) in [4.78, 5) is 14.3. The summed E-state index contributed by atoms with van der Waals surface area (Å²) in [6.45, 7) is 4.20. The number of benzene rings is 2. The van der Waals surface area contributed by atoms with Crippen LogP contribution in [-0.2, 0) is 14.8 Å². The number of aromatic nitrogens is 2. The Kier molecular flexibility index (Phi) is 6.64. The molecule has 0 aliphatic carbocycles. The van der Waals surface area contributed by atoms with Crippen LogP contribution in [0.2, 0.25) is 0 Å². The molecule has 0 amide bonds. The van der Waals surface area contributed by atoms with Crippen molar-refractivity contribution in [3.63, 3.8) is 0 Å². The smallest absolute Gasteiger partial charge is 0.272 e. The second-order valence-corrected chi connectivity index (χ2v) is 9.45. The van der Waals surface area contributed by atoms with Gasteiger partial charge in [-0.05, 0) is 37.6 Å². The first kappa shape index (κ1) is 21.5. The number of nitrogens with one attached hydrogen (secondary N) is 2. The normalized spacial score (nSPS) is 15.2. The van der Waals surface area contributed by atoms with Crippen LogP contribution >= 0.6 is 0 Å². The van der Waals surface area contributed by atoms with Gasteiger partial charge in [0, 0.05) is 29.7 Å². The van der Waals surface area contributed by atoms with Crippen molar-refractivity contribution in [1.29, 1.82) is 0 Å². The number of ether oxygens (including phenoxy) is 1. The number of nitrogens with zero attached hydrogens (tertiary/aromatic N) is 2. The maximum atomic E-state index is 12.5. The Bertz CT molecular complexity index is 1200. The quantitative estimate of drug-likeness (QED) is 0.519. The van der Waals surface area contributed by atoms with Crippen LogP contribution in [0.5, 0.6) is 0 Å². The number of anilines is 1. The van der Waals surface area contributed by atoms with E-state index in [-0.39, 0.29) is 11.3 Å². The van der Waals surface area contributed by atoms with E-state index in [4.69, 9.17) is 4.74 Å². The van der Waals surface area contributed by atoms with E-state index in [0.717, 1.165) is 50.2 Å². The maximum Gasteiger partial charge on any atom is 0.272 e. The van der Waals surface area contributed by atoms with Gasteiger partial charge in [-0.1, -0.05) is 30.3 Å². The van der Waals surface area contributed by atoms with Crippen LogP contribution in [0, 0.1) is 0 Å². The van der Waals surface area contributed by atoms with E-state index in [0.29, 0.717) is 23.2 Å². The molecule has 31 heavy (non-hydrogen) atoms. The zero-order valence-electron chi connectivity index (χ0n) is 17.2. The average Bonchev–Trinajstić information content (AvgIpc) is 2.78. The van der Waals surface area contributed by atoms with Crippen LogP contribution in [0.15, 0.2) is 53.3 Å². The third kappa shape index (κ3) is 5.49. The highest BCUT2D eigenvalue weighted by molar-refractivity contribution is 7.92. The molecule has 8 nitrogen and oxygen atoms in total. The van der Waals surface area contributed by atoms with Crippen molar-refractivity contribution < 1.29 is 13.2 Å². The van der Waals surface area contributed by atoms with Crippen molar-refractivity contribution in [1.82, 2.24) is 15.1 Å². The van der Waals surface area contributed by atoms with Crippen molar-refractivity contribution in [3.8, 4) is 11.3 Å². The van der Waals surface area contributed by atoms with Gasteiger partial charge in [-0.25, -0.2) is 13.5 Å². The molecular formula is C22H26N4O4S. The van der Waals surface area contributed by atoms with Gasteiger partial charge in [-0.15, -0.1) is 0 Å². The zero-order chi connectivity index (χ0) is 21.7. The van der Waals surface area contributed by atoms with E-state index in [2.05, 4.69) is 19.8 Å². The van der Waals surface area contributed by atoms with Crippen molar-refractivity contribution in [2.45, 2.75) is 12.8 Å². The molecule has 3 aromatic rings. The summed E-state index contributed by atoms with van der Waals surface area (Å²) in [5, 5.41) is 7.96. The average molecular weight is 443 g/mol. The first-order valence-corrected chi connectivity index (χ1v) is 12.1. The largest absolute Gasteiger partial charge is 0.379 e. The summed E-state index contributed by atoms with van der Waals surface area (Å²) in [5.41, 5.74) is 1.54. The van der Waals surface area contributed by atoms with Crippen LogP contribution in [0.25, 0.3) is 22.0 Å². The number of hydrogen-bond acceptors (Lipinski definition) is 6. The monoisotopic (exact) mass is 442 g/mol. The minimum atomic E-state index is -3.46. The van der Waals surface area contributed by atoms with Gasteiger partial charge >= 0.3 is 0 Å². The molecule has 1 fully saturated rings. The molecule has 2 N–H and O–H groups in total.